The normalized spacial score (nSPS) is 11.6. The van der Waals surface area contributed by atoms with E-state index in [-0.39, 0.29) is 11.8 Å². The Bertz CT molecular complexity index is 1260. The number of hydrogen-bond donors (Lipinski definition) is 2. The molecule has 0 saturated heterocycles. The van der Waals surface area contributed by atoms with Crippen molar-refractivity contribution in [1.82, 2.24) is 20.4 Å². The molecule has 2 amide bonds. The van der Waals surface area contributed by atoms with Gasteiger partial charge in [0.25, 0.3) is 5.91 Å². The van der Waals surface area contributed by atoms with Crippen molar-refractivity contribution >= 4 is 23.6 Å². The number of rotatable bonds is 11. The quantitative estimate of drug-likeness (QED) is 0.312. The summed E-state index contributed by atoms with van der Waals surface area (Å²) in [6.07, 6.45) is 4.51. The van der Waals surface area contributed by atoms with E-state index in [1.54, 1.807) is 23.9 Å². The molecular formula is C29H30N4O2S. The van der Waals surface area contributed by atoms with Crippen molar-refractivity contribution in [2.24, 2.45) is 0 Å². The number of benzene rings is 3. The molecule has 36 heavy (non-hydrogen) atoms. The van der Waals surface area contributed by atoms with Crippen LogP contribution >= 0.6 is 11.8 Å². The molecule has 0 spiro atoms. The van der Waals surface area contributed by atoms with Gasteiger partial charge in [-0.2, -0.15) is 16.9 Å². The summed E-state index contributed by atoms with van der Waals surface area (Å²) in [4.78, 5) is 25.9. The van der Waals surface area contributed by atoms with Gasteiger partial charge in [0.1, 0.15) is 6.04 Å². The predicted octanol–water partition coefficient (Wildman–Crippen LogP) is 4.77. The van der Waals surface area contributed by atoms with E-state index in [2.05, 4.69) is 22.8 Å². The topological polar surface area (TPSA) is 76.0 Å². The Balaban J connectivity index is 1.50. The highest BCUT2D eigenvalue weighted by Gasteiger charge is 2.22. The minimum Gasteiger partial charge on any atom is -0.350 e. The lowest BCUT2D eigenvalue weighted by Gasteiger charge is -2.18. The van der Waals surface area contributed by atoms with Crippen LogP contribution in [0.3, 0.4) is 0 Å². The van der Waals surface area contributed by atoms with Gasteiger partial charge in [0.05, 0.1) is 12.2 Å². The summed E-state index contributed by atoms with van der Waals surface area (Å²) in [6, 6.07) is 28.4. The fourth-order valence-electron chi connectivity index (χ4n) is 3.92. The molecule has 3 aromatic carbocycles. The third kappa shape index (κ3) is 6.86. The van der Waals surface area contributed by atoms with Crippen molar-refractivity contribution in [3.63, 3.8) is 0 Å². The van der Waals surface area contributed by atoms with Gasteiger partial charge in [-0.1, -0.05) is 78.9 Å². The minimum atomic E-state index is -0.621. The molecular weight excluding hydrogens is 468 g/mol. The molecule has 0 aliphatic rings. The highest BCUT2D eigenvalue weighted by Crippen LogP contribution is 2.22. The maximum atomic E-state index is 13.2. The van der Waals surface area contributed by atoms with E-state index in [1.807, 2.05) is 83.9 Å². The van der Waals surface area contributed by atoms with Crippen molar-refractivity contribution in [1.29, 1.82) is 0 Å². The summed E-state index contributed by atoms with van der Waals surface area (Å²) in [5, 5.41) is 10.8. The Hall–Kier alpha value is -3.84. The molecule has 1 atom stereocenters. The van der Waals surface area contributed by atoms with Crippen LogP contribution in [0.1, 0.15) is 27.9 Å². The van der Waals surface area contributed by atoms with Crippen LogP contribution in [0.4, 0.5) is 0 Å². The zero-order valence-corrected chi connectivity index (χ0v) is 21.1. The predicted molar refractivity (Wildman–Crippen MR) is 146 cm³/mol. The summed E-state index contributed by atoms with van der Waals surface area (Å²) in [5.41, 5.74) is 4.43. The molecule has 0 aliphatic carbocycles. The number of thioether (sulfide) groups is 1. The van der Waals surface area contributed by atoms with E-state index < -0.39 is 6.04 Å². The summed E-state index contributed by atoms with van der Waals surface area (Å²) < 4.78 is 1.90. The van der Waals surface area contributed by atoms with Gasteiger partial charge in [0, 0.05) is 29.4 Å². The summed E-state index contributed by atoms with van der Waals surface area (Å²) in [5.74, 6) is 0.304. The van der Waals surface area contributed by atoms with Gasteiger partial charge in [-0.15, -0.1) is 0 Å². The number of hydrogen-bond acceptors (Lipinski definition) is 4. The van der Waals surface area contributed by atoms with Gasteiger partial charge in [0.2, 0.25) is 5.91 Å². The molecule has 0 saturated carbocycles. The van der Waals surface area contributed by atoms with E-state index in [9.17, 15) is 9.59 Å². The smallest absolute Gasteiger partial charge is 0.251 e. The van der Waals surface area contributed by atoms with Gasteiger partial charge in [-0.3, -0.25) is 14.3 Å². The number of aromatic nitrogens is 2. The van der Waals surface area contributed by atoms with E-state index in [0.29, 0.717) is 25.1 Å². The van der Waals surface area contributed by atoms with Crippen molar-refractivity contribution < 1.29 is 9.59 Å². The molecule has 7 heteroatoms. The first-order valence-electron chi connectivity index (χ1n) is 11.9. The van der Waals surface area contributed by atoms with E-state index in [1.165, 1.54) is 0 Å². The standard InChI is InChI=1S/C29H30N4O2S/c1-36-18-17-26(31-28(34)24-15-9-4-10-16-24)29(35)30-19-25-21-33(20-22-11-5-2-6-12-22)32-27(25)23-13-7-3-8-14-23/h2-16,21,26H,17-20H2,1H3,(H,30,35)(H,31,34)/t26-/m0/s1. The Morgan fingerprint density at radius 1 is 0.917 bits per heavy atom. The second-order valence-electron chi connectivity index (χ2n) is 8.44. The number of nitrogens with zero attached hydrogens (tertiary/aromatic N) is 2. The van der Waals surface area contributed by atoms with E-state index in [0.717, 1.165) is 28.1 Å². The van der Waals surface area contributed by atoms with Gasteiger partial charge in [-0.25, -0.2) is 0 Å². The Kier molecular flexibility index (Phi) is 8.94. The van der Waals surface area contributed by atoms with Crippen LogP contribution in [0.2, 0.25) is 0 Å². The molecule has 6 nitrogen and oxygen atoms in total. The number of carbonyl (C=O) groups excluding carboxylic acids is 2. The summed E-state index contributed by atoms with van der Waals surface area (Å²) in [7, 11) is 0. The maximum Gasteiger partial charge on any atom is 0.251 e. The van der Waals surface area contributed by atoms with Crippen LogP contribution in [0, 0.1) is 0 Å². The Morgan fingerprint density at radius 2 is 1.56 bits per heavy atom. The van der Waals surface area contributed by atoms with Gasteiger partial charge in [-0.05, 0) is 36.1 Å². The second-order valence-corrected chi connectivity index (χ2v) is 9.43. The fourth-order valence-corrected chi connectivity index (χ4v) is 4.40. The average molecular weight is 499 g/mol. The third-order valence-electron chi connectivity index (χ3n) is 5.79. The number of carbonyl (C=O) groups is 2. The highest BCUT2D eigenvalue weighted by atomic mass is 32.2. The van der Waals surface area contributed by atoms with Crippen LogP contribution < -0.4 is 10.6 Å². The van der Waals surface area contributed by atoms with Crippen molar-refractivity contribution in [2.75, 3.05) is 12.0 Å². The number of amides is 2. The third-order valence-corrected chi connectivity index (χ3v) is 6.44. The van der Waals surface area contributed by atoms with E-state index in [4.69, 9.17) is 5.10 Å². The average Bonchev–Trinajstić information content (AvgIpc) is 3.33. The number of nitrogens with one attached hydrogen (secondary N) is 2. The first-order chi connectivity index (χ1) is 17.6. The molecule has 0 unspecified atom stereocenters. The van der Waals surface area contributed by atoms with Crippen molar-refractivity contribution in [2.45, 2.75) is 25.6 Å². The molecule has 1 heterocycles. The van der Waals surface area contributed by atoms with Gasteiger partial charge in [0.15, 0.2) is 0 Å². The molecule has 0 aliphatic heterocycles. The largest absolute Gasteiger partial charge is 0.350 e. The van der Waals surface area contributed by atoms with E-state index >= 15 is 0 Å². The van der Waals surface area contributed by atoms with Crippen LogP contribution in [0.5, 0.6) is 0 Å². The zero-order chi connectivity index (χ0) is 25.2. The Labute approximate surface area is 216 Å². The van der Waals surface area contributed by atoms with Crippen LogP contribution in [-0.2, 0) is 17.9 Å². The monoisotopic (exact) mass is 498 g/mol. The fraction of sp³-hybridized carbons (Fsp3) is 0.207. The maximum absolute atomic E-state index is 13.2. The minimum absolute atomic E-state index is 0.205. The molecule has 0 fully saturated rings. The van der Waals surface area contributed by atoms with Crippen molar-refractivity contribution in [3.8, 4) is 11.3 Å². The molecule has 0 radical (unpaired) electrons. The summed E-state index contributed by atoms with van der Waals surface area (Å²) in [6.45, 7) is 0.951. The van der Waals surface area contributed by atoms with Crippen LogP contribution in [0.15, 0.2) is 97.2 Å². The van der Waals surface area contributed by atoms with Crippen LogP contribution in [-0.4, -0.2) is 39.6 Å². The molecule has 4 aromatic rings. The van der Waals surface area contributed by atoms with Gasteiger partial charge >= 0.3 is 0 Å². The van der Waals surface area contributed by atoms with Gasteiger partial charge < -0.3 is 10.6 Å². The summed E-state index contributed by atoms with van der Waals surface area (Å²) >= 11 is 1.64. The SMILES string of the molecule is CSCC[C@H](NC(=O)c1ccccc1)C(=O)NCc1cn(Cc2ccccc2)nc1-c1ccccc1. The lowest BCUT2D eigenvalue weighted by atomic mass is 10.1. The second kappa shape index (κ2) is 12.7. The first kappa shape index (κ1) is 25.3. The molecule has 1 aromatic heterocycles. The molecule has 2 N–H and O–H groups in total. The highest BCUT2D eigenvalue weighted by molar-refractivity contribution is 7.98. The lowest BCUT2D eigenvalue weighted by molar-refractivity contribution is -0.123. The molecule has 4 rings (SSSR count). The molecule has 184 valence electrons. The molecule has 0 bridgehead atoms. The zero-order valence-electron chi connectivity index (χ0n) is 20.3. The van der Waals surface area contributed by atoms with Crippen LogP contribution in [0.25, 0.3) is 11.3 Å². The van der Waals surface area contributed by atoms with Crippen molar-refractivity contribution in [3.05, 3.63) is 114 Å². The Morgan fingerprint density at radius 3 is 2.22 bits per heavy atom. The first-order valence-corrected chi connectivity index (χ1v) is 13.3. The lowest BCUT2D eigenvalue weighted by Crippen LogP contribution is -2.46.